The molecule has 6 heteroatoms. The third-order valence-corrected chi connectivity index (χ3v) is 3.69. The van der Waals surface area contributed by atoms with E-state index >= 15 is 0 Å². The van der Waals surface area contributed by atoms with Crippen LogP contribution in [0.3, 0.4) is 0 Å². The molecule has 3 rings (SSSR count). The zero-order valence-electron chi connectivity index (χ0n) is 15.2. The molecule has 0 saturated heterocycles. The average molecular weight is 349 g/mol. The van der Waals surface area contributed by atoms with Gasteiger partial charge < -0.3 is 15.4 Å². The van der Waals surface area contributed by atoms with Crippen LogP contribution >= 0.6 is 0 Å². The van der Waals surface area contributed by atoms with Crippen molar-refractivity contribution in [2.24, 2.45) is 0 Å². The summed E-state index contributed by atoms with van der Waals surface area (Å²) in [5.41, 5.74) is 3.04. The van der Waals surface area contributed by atoms with Gasteiger partial charge in [-0.3, -0.25) is 0 Å². The van der Waals surface area contributed by atoms with Gasteiger partial charge in [0.2, 0.25) is 5.95 Å². The Labute approximate surface area is 153 Å². The second kappa shape index (κ2) is 8.29. The number of anilines is 4. The number of hydrogen-bond acceptors (Lipinski definition) is 6. The summed E-state index contributed by atoms with van der Waals surface area (Å²) in [6.45, 7) is 6.12. The Bertz CT molecular complexity index is 849. The summed E-state index contributed by atoms with van der Waals surface area (Å²) in [6, 6.07) is 15.9. The molecule has 26 heavy (non-hydrogen) atoms. The number of nitrogens with zero attached hydrogens (tertiary/aromatic N) is 3. The first-order valence-electron chi connectivity index (χ1n) is 8.72. The van der Waals surface area contributed by atoms with Crippen molar-refractivity contribution in [2.75, 3.05) is 10.6 Å². The molecule has 1 heterocycles. The van der Waals surface area contributed by atoms with E-state index in [4.69, 9.17) is 4.74 Å². The van der Waals surface area contributed by atoms with Crippen molar-refractivity contribution in [1.29, 1.82) is 0 Å². The van der Waals surface area contributed by atoms with E-state index in [1.165, 1.54) is 5.56 Å². The third-order valence-electron chi connectivity index (χ3n) is 3.69. The molecule has 0 aliphatic carbocycles. The Morgan fingerprint density at radius 2 is 1.77 bits per heavy atom. The maximum atomic E-state index is 5.82. The van der Waals surface area contributed by atoms with E-state index in [2.05, 4.69) is 44.9 Å². The first-order chi connectivity index (χ1) is 12.6. The minimum Gasteiger partial charge on any atom is -0.489 e. The van der Waals surface area contributed by atoms with Crippen LogP contribution in [0.2, 0.25) is 0 Å². The molecule has 0 atom stereocenters. The number of ether oxygens (including phenoxy) is 1. The fraction of sp³-hybridized carbons (Fsp3) is 0.250. The number of rotatable bonds is 7. The summed E-state index contributed by atoms with van der Waals surface area (Å²) in [6.07, 6.45) is 2.68. The summed E-state index contributed by atoms with van der Waals surface area (Å²) in [4.78, 5) is 4.47. The molecule has 0 aliphatic rings. The van der Waals surface area contributed by atoms with Crippen molar-refractivity contribution < 1.29 is 4.74 Å². The van der Waals surface area contributed by atoms with Gasteiger partial charge in [-0.05, 0) is 50.1 Å². The van der Waals surface area contributed by atoms with Crippen molar-refractivity contribution >= 4 is 23.1 Å². The molecule has 6 nitrogen and oxygen atoms in total. The van der Waals surface area contributed by atoms with E-state index in [-0.39, 0.29) is 6.10 Å². The number of hydrogen-bond donors (Lipinski definition) is 2. The monoisotopic (exact) mass is 349 g/mol. The number of para-hydroxylation sites is 2. The predicted molar refractivity (Wildman–Crippen MR) is 104 cm³/mol. The maximum absolute atomic E-state index is 5.82. The second-order valence-corrected chi connectivity index (χ2v) is 6.13. The van der Waals surface area contributed by atoms with Crippen LogP contribution in [0.1, 0.15) is 26.3 Å². The Balaban J connectivity index is 1.75. The molecular weight excluding hydrogens is 326 g/mol. The van der Waals surface area contributed by atoms with Crippen LogP contribution in [0.25, 0.3) is 0 Å². The Morgan fingerprint density at radius 1 is 1.00 bits per heavy atom. The van der Waals surface area contributed by atoms with Crippen LogP contribution in [0.15, 0.2) is 54.7 Å². The molecule has 0 spiro atoms. The highest BCUT2D eigenvalue weighted by Gasteiger charge is 2.07. The predicted octanol–water partition coefficient (Wildman–Crippen LogP) is 4.71. The van der Waals surface area contributed by atoms with Gasteiger partial charge in [0.05, 0.1) is 18.0 Å². The third kappa shape index (κ3) is 4.69. The minimum atomic E-state index is 0.0878. The highest BCUT2D eigenvalue weighted by molar-refractivity contribution is 5.64. The summed E-state index contributed by atoms with van der Waals surface area (Å²) in [5.74, 6) is 1.79. The summed E-state index contributed by atoms with van der Waals surface area (Å²) < 4.78 is 5.82. The van der Waals surface area contributed by atoms with Crippen molar-refractivity contribution in [3.8, 4) is 5.75 Å². The van der Waals surface area contributed by atoms with Gasteiger partial charge >= 0.3 is 0 Å². The Hall–Kier alpha value is -3.15. The summed E-state index contributed by atoms with van der Waals surface area (Å²) >= 11 is 0. The van der Waals surface area contributed by atoms with Gasteiger partial charge in [0, 0.05) is 5.69 Å². The zero-order chi connectivity index (χ0) is 18.4. The molecule has 2 aromatic carbocycles. The van der Waals surface area contributed by atoms with Gasteiger partial charge in [0.1, 0.15) is 5.75 Å². The van der Waals surface area contributed by atoms with Gasteiger partial charge in [-0.25, -0.2) is 0 Å². The van der Waals surface area contributed by atoms with Crippen molar-refractivity contribution in [3.05, 3.63) is 60.3 Å². The number of benzene rings is 2. The normalized spacial score (nSPS) is 10.6. The van der Waals surface area contributed by atoms with E-state index in [9.17, 15) is 0 Å². The smallest absolute Gasteiger partial charge is 0.249 e. The standard InChI is InChI=1S/C20H23N5O/c1-4-15-9-11-16(12-10-15)22-20-24-19(13-21-25-20)23-17-7-5-6-8-18(17)26-14(2)3/h5-14H,4H2,1-3H3,(H2,22,23,24,25). The van der Waals surface area contributed by atoms with Crippen molar-refractivity contribution in [3.63, 3.8) is 0 Å². The van der Waals surface area contributed by atoms with Crippen LogP contribution < -0.4 is 15.4 Å². The topological polar surface area (TPSA) is 72.0 Å². The molecule has 0 radical (unpaired) electrons. The summed E-state index contributed by atoms with van der Waals surface area (Å²) in [7, 11) is 0. The zero-order valence-corrected chi connectivity index (χ0v) is 15.2. The highest BCUT2D eigenvalue weighted by atomic mass is 16.5. The fourth-order valence-corrected chi connectivity index (χ4v) is 2.43. The van der Waals surface area contributed by atoms with Crippen LogP contribution in [-0.2, 0) is 6.42 Å². The molecule has 0 fully saturated rings. The van der Waals surface area contributed by atoms with Crippen LogP contribution in [0.4, 0.5) is 23.1 Å². The largest absolute Gasteiger partial charge is 0.489 e. The summed E-state index contributed by atoms with van der Waals surface area (Å²) in [5, 5.41) is 14.5. The molecule has 0 unspecified atom stereocenters. The van der Waals surface area contributed by atoms with E-state index in [0.717, 1.165) is 23.5 Å². The van der Waals surface area contributed by atoms with Gasteiger partial charge in [-0.1, -0.05) is 31.2 Å². The lowest BCUT2D eigenvalue weighted by Gasteiger charge is -2.15. The maximum Gasteiger partial charge on any atom is 0.249 e. The number of nitrogens with one attached hydrogen (secondary N) is 2. The van der Waals surface area contributed by atoms with Gasteiger partial charge in [-0.2, -0.15) is 10.1 Å². The molecule has 0 amide bonds. The first kappa shape index (κ1) is 17.7. The van der Waals surface area contributed by atoms with Crippen molar-refractivity contribution in [1.82, 2.24) is 15.2 Å². The van der Waals surface area contributed by atoms with Gasteiger partial charge in [0.25, 0.3) is 0 Å². The molecule has 3 aromatic rings. The lowest BCUT2D eigenvalue weighted by molar-refractivity contribution is 0.244. The fourth-order valence-electron chi connectivity index (χ4n) is 2.43. The van der Waals surface area contributed by atoms with E-state index in [1.807, 2.05) is 50.2 Å². The van der Waals surface area contributed by atoms with Crippen LogP contribution in [-0.4, -0.2) is 21.3 Å². The van der Waals surface area contributed by atoms with E-state index < -0.39 is 0 Å². The van der Waals surface area contributed by atoms with Gasteiger partial charge in [-0.15, -0.1) is 5.10 Å². The molecule has 0 bridgehead atoms. The second-order valence-electron chi connectivity index (χ2n) is 6.13. The first-order valence-corrected chi connectivity index (χ1v) is 8.72. The van der Waals surface area contributed by atoms with E-state index in [0.29, 0.717) is 11.8 Å². The quantitative estimate of drug-likeness (QED) is 0.644. The number of aryl methyl sites for hydroxylation is 1. The Kier molecular flexibility index (Phi) is 5.63. The van der Waals surface area contributed by atoms with Crippen molar-refractivity contribution in [2.45, 2.75) is 33.3 Å². The van der Waals surface area contributed by atoms with Gasteiger partial charge in [0.15, 0.2) is 5.82 Å². The minimum absolute atomic E-state index is 0.0878. The highest BCUT2D eigenvalue weighted by Crippen LogP contribution is 2.27. The Morgan fingerprint density at radius 3 is 2.50 bits per heavy atom. The molecule has 0 saturated carbocycles. The molecule has 2 N–H and O–H groups in total. The molecular formula is C20H23N5O. The lowest BCUT2D eigenvalue weighted by Crippen LogP contribution is -2.08. The van der Waals surface area contributed by atoms with Crippen LogP contribution in [0, 0.1) is 0 Å². The lowest BCUT2D eigenvalue weighted by atomic mass is 10.1. The van der Waals surface area contributed by atoms with Crippen LogP contribution in [0.5, 0.6) is 5.75 Å². The average Bonchev–Trinajstić information content (AvgIpc) is 2.64. The molecule has 0 aliphatic heterocycles. The van der Waals surface area contributed by atoms with E-state index in [1.54, 1.807) is 6.20 Å². The SMILES string of the molecule is CCc1ccc(Nc2nncc(Nc3ccccc3OC(C)C)n2)cc1. The molecule has 134 valence electrons. The number of aromatic nitrogens is 3. The molecule has 1 aromatic heterocycles.